The number of aliphatic hydroxyl groups excluding tert-OH is 1. The molecule has 0 aliphatic heterocycles. The summed E-state index contributed by atoms with van der Waals surface area (Å²) in [5.41, 5.74) is 2.30. The fourth-order valence-electron chi connectivity index (χ4n) is 2.66. The largest absolute Gasteiger partial charge is 0.491 e. The lowest BCUT2D eigenvalue weighted by Gasteiger charge is -2.23. The molecule has 154 valence electrons. The minimum atomic E-state index is -1.08. The number of aliphatic hydroxyl groups is 1. The van der Waals surface area contributed by atoms with Gasteiger partial charge in [-0.2, -0.15) is 0 Å². The molecule has 0 saturated heterocycles. The zero-order valence-electron chi connectivity index (χ0n) is 16.4. The lowest BCUT2D eigenvalue weighted by atomic mass is 9.96. The molecule has 2 rings (SSSR count). The van der Waals surface area contributed by atoms with Crippen molar-refractivity contribution in [3.05, 3.63) is 71.8 Å². The second-order valence-electron chi connectivity index (χ2n) is 6.52. The van der Waals surface area contributed by atoms with E-state index in [-0.39, 0.29) is 13.2 Å². The van der Waals surface area contributed by atoms with Gasteiger partial charge in [-0.15, -0.1) is 0 Å². The van der Waals surface area contributed by atoms with Crippen LogP contribution in [-0.4, -0.2) is 35.5 Å². The maximum atomic E-state index is 12.4. The van der Waals surface area contributed by atoms with E-state index < -0.39 is 24.1 Å². The first kappa shape index (κ1) is 22.0. The minimum absolute atomic E-state index is 0.124. The third-order valence-corrected chi connectivity index (χ3v) is 4.10. The molecule has 0 unspecified atom stereocenters. The molecular weight excluding hydrogens is 374 g/mol. The fourth-order valence-corrected chi connectivity index (χ4v) is 2.66. The van der Waals surface area contributed by atoms with Crippen molar-refractivity contribution in [2.45, 2.75) is 20.0 Å². The number of aliphatic carboxylic acids is 1. The van der Waals surface area contributed by atoms with Gasteiger partial charge in [0, 0.05) is 17.7 Å². The smallest absolute Gasteiger partial charge is 0.412 e. The second-order valence-corrected chi connectivity index (χ2v) is 6.52. The second kappa shape index (κ2) is 10.9. The Morgan fingerprint density at radius 3 is 2.55 bits per heavy atom. The van der Waals surface area contributed by atoms with Crippen molar-refractivity contribution in [1.82, 2.24) is 0 Å². The van der Waals surface area contributed by atoms with Crippen molar-refractivity contribution in [2.75, 3.05) is 18.5 Å². The van der Waals surface area contributed by atoms with Gasteiger partial charge < -0.3 is 19.7 Å². The average Bonchev–Trinajstić information content (AvgIpc) is 2.70. The van der Waals surface area contributed by atoms with Crippen molar-refractivity contribution in [3.63, 3.8) is 0 Å². The summed E-state index contributed by atoms with van der Waals surface area (Å²) in [7, 11) is 0. The topological polar surface area (TPSA) is 105 Å². The summed E-state index contributed by atoms with van der Waals surface area (Å²) in [6, 6.07) is 14.2. The monoisotopic (exact) mass is 399 g/mol. The Labute approximate surface area is 169 Å². The Balaban J connectivity index is 2.21. The molecule has 0 aliphatic carbocycles. The van der Waals surface area contributed by atoms with Crippen LogP contribution in [0, 0.1) is 12.8 Å². The Bertz CT molecular complexity index is 847. The maximum absolute atomic E-state index is 12.4. The van der Waals surface area contributed by atoms with Gasteiger partial charge in [-0.1, -0.05) is 42.8 Å². The number of carbonyl (C=O) groups is 2. The normalized spacial score (nSPS) is 12.9. The van der Waals surface area contributed by atoms with Crippen molar-refractivity contribution in [2.24, 2.45) is 5.92 Å². The molecule has 0 radical (unpaired) electrons. The van der Waals surface area contributed by atoms with E-state index in [2.05, 4.69) is 5.32 Å². The number of rotatable bonds is 9. The molecule has 0 spiro atoms. The van der Waals surface area contributed by atoms with Gasteiger partial charge in [0.2, 0.25) is 0 Å². The highest BCUT2D eigenvalue weighted by Crippen LogP contribution is 2.30. The van der Waals surface area contributed by atoms with E-state index in [0.29, 0.717) is 17.0 Å². The number of amides is 1. The SMILES string of the molecule is Cc1ccc(NC(=O)O[C@H](c2cccc(OCCO)c2)[C@H](C)/C=C/C(=O)O)cc1. The van der Waals surface area contributed by atoms with Gasteiger partial charge in [0.05, 0.1) is 6.61 Å². The Hall–Kier alpha value is -3.32. The van der Waals surface area contributed by atoms with Crippen LogP contribution >= 0.6 is 0 Å². The zero-order valence-corrected chi connectivity index (χ0v) is 16.4. The van der Waals surface area contributed by atoms with Crippen LogP contribution in [0.25, 0.3) is 0 Å². The van der Waals surface area contributed by atoms with Crippen molar-refractivity contribution >= 4 is 17.7 Å². The molecule has 2 aromatic rings. The molecule has 1 amide bonds. The molecule has 0 aliphatic rings. The number of nitrogens with one attached hydrogen (secondary N) is 1. The third kappa shape index (κ3) is 7.31. The van der Waals surface area contributed by atoms with E-state index in [9.17, 15) is 9.59 Å². The van der Waals surface area contributed by atoms with Gasteiger partial charge in [0.15, 0.2) is 0 Å². The number of ether oxygens (including phenoxy) is 2. The molecule has 0 fully saturated rings. The summed E-state index contributed by atoms with van der Waals surface area (Å²) >= 11 is 0. The average molecular weight is 399 g/mol. The Kier molecular flexibility index (Phi) is 8.24. The third-order valence-electron chi connectivity index (χ3n) is 4.10. The van der Waals surface area contributed by atoms with Crippen LogP contribution in [0.4, 0.5) is 10.5 Å². The van der Waals surface area contributed by atoms with Crippen LogP contribution in [0.15, 0.2) is 60.7 Å². The molecule has 7 heteroatoms. The number of carbonyl (C=O) groups excluding carboxylic acids is 1. The van der Waals surface area contributed by atoms with Crippen molar-refractivity contribution < 1.29 is 29.3 Å². The number of carboxylic acids is 1. The van der Waals surface area contributed by atoms with Gasteiger partial charge in [-0.3, -0.25) is 5.32 Å². The molecule has 0 saturated carbocycles. The molecule has 0 aromatic heterocycles. The number of carboxylic acid groups (broad SMARTS) is 1. The first-order chi connectivity index (χ1) is 13.9. The van der Waals surface area contributed by atoms with Crippen molar-refractivity contribution in [3.8, 4) is 5.75 Å². The summed E-state index contributed by atoms with van der Waals surface area (Å²) in [5.74, 6) is -0.985. The van der Waals surface area contributed by atoms with Crippen molar-refractivity contribution in [1.29, 1.82) is 0 Å². The van der Waals surface area contributed by atoms with E-state index >= 15 is 0 Å². The molecule has 7 nitrogen and oxygen atoms in total. The quantitative estimate of drug-likeness (QED) is 0.552. The Morgan fingerprint density at radius 2 is 1.90 bits per heavy atom. The van der Waals surface area contributed by atoms with Crippen LogP contribution in [0.3, 0.4) is 0 Å². The van der Waals surface area contributed by atoms with Gasteiger partial charge in [0.1, 0.15) is 18.5 Å². The van der Waals surface area contributed by atoms with Gasteiger partial charge in [0.25, 0.3) is 0 Å². The molecule has 2 aromatic carbocycles. The highest BCUT2D eigenvalue weighted by molar-refractivity contribution is 5.84. The highest BCUT2D eigenvalue weighted by atomic mass is 16.6. The first-order valence-corrected chi connectivity index (χ1v) is 9.18. The summed E-state index contributed by atoms with van der Waals surface area (Å²) in [4.78, 5) is 23.3. The predicted molar refractivity (Wildman–Crippen MR) is 109 cm³/mol. The van der Waals surface area contributed by atoms with E-state index in [4.69, 9.17) is 19.7 Å². The van der Waals surface area contributed by atoms with Crippen LogP contribution in [0.2, 0.25) is 0 Å². The highest BCUT2D eigenvalue weighted by Gasteiger charge is 2.23. The van der Waals surface area contributed by atoms with Gasteiger partial charge in [-0.05, 0) is 36.8 Å². The first-order valence-electron chi connectivity index (χ1n) is 9.18. The molecular formula is C22H25NO6. The number of benzene rings is 2. The van der Waals surface area contributed by atoms with Crippen LogP contribution in [0.1, 0.15) is 24.2 Å². The lowest BCUT2D eigenvalue weighted by Crippen LogP contribution is -2.21. The molecule has 29 heavy (non-hydrogen) atoms. The van der Waals surface area contributed by atoms with Gasteiger partial charge in [-0.25, -0.2) is 9.59 Å². The number of anilines is 1. The van der Waals surface area contributed by atoms with E-state index in [0.717, 1.165) is 11.6 Å². The number of hydrogen-bond donors (Lipinski definition) is 3. The number of aryl methyl sites for hydroxylation is 1. The van der Waals surface area contributed by atoms with Gasteiger partial charge >= 0.3 is 12.1 Å². The molecule has 0 heterocycles. The standard InChI is InChI=1S/C22H25NO6/c1-15-6-9-18(10-7-15)23-22(27)29-21(16(2)8-11-20(25)26)17-4-3-5-19(14-17)28-13-12-24/h3-11,14,16,21,24H,12-13H2,1-2H3,(H,23,27)(H,25,26)/b11-8+/t16-,21+/m1/s1. The lowest BCUT2D eigenvalue weighted by molar-refractivity contribution is -0.131. The van der Waals surface area contributed by atoms with E-state index in [1.165, 1.54) is 6.08 Å². The Morgan fingerprint density at radius 1 is 1.17 bits per heavy atom. The summed E-state index contributed by atoms with van der Waals surface area (Å²) in [5, 5.41) is 20.5. The fraction of sp³-hybridized carbons (Fsp3) is 0.273. The predicted octanol–water partition coefficient (Wildman–Crippen LogP) is 3.93. The molecule has 0 bridgehead atoms. The summed E-state index contributed by atoms with van der Waals surface area (Å²) in [6.07, 6.45) is 1.09. The zero-order chi connectivity index (χ0) is 21.2. The van der Waals surface area contributed by atoms with Crippen LogP contribution in [0.5, 0.6) is 5.75 Å². The van der Waals surface area contributed by atoms with Crippen LogP contribution in [-0.2, 0) is 9.53 Å². The summed E-state index contributed by atoms with van der Waals surface area (Å²) in [6.45, 7) is 3.71. The molecule has 2 atom stereocenters. The van der Waals surface area contributed by atoms with E-state index in [1.807, 2.05) is 19.1 Å². The molecule has 3 N–H and O–H groups in total. The maximum Gasteiger partial charge on any atom is 0.412 e. The number of hydrogen-bond acceptors (Lipinski definition) is 5. The minimum Gasteiger partial charge on any atom is -0.491 e. The summed E-state index contributed by atoms with van der Waals surface area (Å²) < 4.78 is 11.0. The van der Waals surface area contributed by atoms with Crippen LogP contribution < -0.4 is 10.1 Å². The van der Waals surface area contributed by atoms with E-state index in [1.54, 1.807) is 43.3 Å².